The highest BCUT2D eigenvalue weighted by Gasteiger charge is 2.30. The smallest absolute Gasteiger partial charge is 0.154 e. The normalized spacial score (nSPS) is 27.5. The van der Waals surface area contributed by atoms with Gasteiger partial charge >= 0.3 is 0 Å². The third kappa shape index (κ3) is 4.07. The van der Waals surface area contributed by atoms with Crippen LogP contribution in [0.4, 0.5) is 0 Å². The Balaban J connectivity index is 1.42. The van der Waals surface area contributed by atoms with Crippen molar-refractivity contribution in [2.75, 3.05) is 32.9 Å². The van der Waals surface area contributed by atoms with Crippen molar-refractivity contribution in [1.29, 1.82) is 0 Å². The number of rotatable bonds is 7. The molecule has 1 aromatic heterocycles. The number of hydrogen-bond acceptors (Lipinski definition) is 6. The zero-order chi connectivity index (χ0) is 15.4. The summed E-state index contributed by atoms with van der Waals surface area (Å²) in [5.74, 6) is 0.905. The van der Waals surface area contributed by atoms with E-state index >= 15 is 0 Å². The molecule has 6 nitrogen and oxygen atoms in total. The van der Waals surface area contributed by atoms with E-state index in [1.54, 1.807) is 0 Å². The summed E-state index contributed by atoms with van der Waals surface area (Å²) in [5.41, 5.74) is 0.905. The molecule has 2 aliphatic rings. The van der Waals surface area contributed by atoms with Gasteiger partial charge in [-0.15, -0.1) is 0 Å². The highest BCUT2D eigenvalue weighted by Crippen LogP contribution is 2.32. The molecule has 124 valence electrons. The van der Waals surface area contributed by atoms with E-state index in [0.29, 0.717) is 19.8 Å². The van der Waals surface area contributed by atoms with Gasteiger partial charge in [-0.25, -0.2) is 0 Å². The van der Waals surface area contributed by atoms with Crippen molar-refractivity contribution in [3.8, 4) is 0 Å². The standard InChI is InChI=1S/C16H26N2O4/c1-12-8-16(22-17-12)15-5-2-6-18(15)9-13(19)10-20-11-14-4-3-7-21-14/h8,13-15,19H,2-7,9-11H2,1H3/t13-,14-,15-/m0/s1. The van der Waals surface area contributed by atoms with Crippen LogP contribution < -0.4 is 0 Å². The minimum Gasteiger partial charge on any atom is -0.389 e. The fraction of sp³-hybridized carbons (Fsp3) is 0.812. The highest BCUT2D eigenvalue weighted by atomic mass is 16.5. The van der Waals surface area contributed by atoms with Crippen LogP contribution in [-0.4, -0.2) is 60.3 Å². The van der Waals surface area contributed by atoms with Crippen LogP contribution in [0.2, 0.25) is 0 Å². The van der Waals surface area contributed by atoms with Gasteiger partial charge in [0.2, 0.25) is 0 Å². The lowest BCUT2D eigenvalue weighted by Gasteiger charge is -2.25. The van der Waals surface area contributed by atoms with Gasteiger partial charge in [0.05, 0.1) is 37.2 Å². The largest absolute Gasteiger partial charge is 0.389 e. The molecule has 0 saturated carbocycles. The number of likely N-dealkylation sites (tertiary alicyclic amines) is 1. The first-order valence-corrected chi connectivity index (χ1v) is 8.27. The quantitative estimate of drug-likeness (QED) is 0.826. The second-order valence-corrected chi connectivity index (χ2v) is 6.35. The van der Waals surface area contributed by atoms with Crippen LogP contribution in [0.25, 0.3) is 0 Å². The van der Waals surface area contributed by atoms with Gasteiger partial charge in [-0.1, -0.05) is 5.16 Å². The van der Waals surface area contributed by atoms with E-state index in [4.69, 9.17) is 14.0 Å². The maximum absolute atomic E-state index is 10.2. The summed E-state index contributed by atoms with van der Waals surface area (Å²) in [6.45, 7) is 5.30. The van der Waals surface area contributed by atoms with Gasteiger partial charge in [0.25, 0.3) is 0 Å². The van der Waals surface area contributed by atoms with Crippen LogP contribution in [0.1, 0.15) is 43.2 Å². The van der Waals surface area contributed by atoms with Crippen molar-refractivity contribution in [1.82, 2.24) is 10.1 Å². The van der Waals surface area contributed by atoms with E-state index in [0.717, 1.165) is 50.3 Å². The van der Waals surface area contributed by atoms with Gasteiger partial charge < -0.3 is 19.1 Å². The number of aryl methyl sites for hydroxylation is 1. The zero-order valence-electron chi connectivity index (χ0n) is 13.2. The molecule has 0 radical (unpaired) electrons. The third-order valence-corrected chi connectivity index (χ3v) is 4.42. The van der Waals surface area contributed by atoms with Gasteiger partial charge in [-0.2, -0.15) is 0 Å². The second-order valence-electron chi connectivity index (χ2n) is 6.35. The molecule has 0 spiro atoms. The molecule has 0 bridgehead atoms. The lowest BCUT2D eigenvalue weighted by molar-refractivity contribution is -0.0268. The van der Waals surface area contributed by atoms with Crippen molar-refractivity contribution < 1.29 is 19.1 Å². The molecule has 6 heteroatoms. The molecular formula is C16H26N2O4. The topological polar surface area (TPSA) is 68.0 Å². The predicted octanol–water partition coefficient (Wildman–Crippen LogP) is 1.68. The van der Waals surface area contributed by atoms with E-state index in [2.05, 4.69) is 10.1 Å². The van der Waals surface area contributed by atoms with Gasteiger partial charge in [0.1, 0.15) is 0 Å². The number of nitrogens with zero attached hydrogens (tertiary/aromatic N) is 2. The van der Waals surface area contributed by atoms with Crippen LogP contribution in [0.5, 0.6) is 0 Å². The molecule has 0 unspecified atom stereocenters. The molecule has 1 N–H and O–H groups in total. The van der Waals surface area contributed by atoms with E-state index in [1.165, 1.54) is 0 Å². The van der Waals surface area contributed by atoms with Crippen LogP contribution in [0, 0.1) is 6.92 Å². The van der Waals surface area contributed by atoms with Gasteiger partial charge in [-0.05, 0) is 39.2 Å². The Labute approximate surface area is 131 Å². The first-order valence-electron chi connectivity index (χ1n) is 8.27. The fourth-order valence-electron chi connectivity index (χ4n) is 3.34. The van der Waals surface area contributed by atoms with Crippen molar-refractivity contribution in [3.63, 3.8) is 0 Å². The first-order chi connectivity index (χ1) is 10.7. The SMILES string of the molecule is Cc1cc([C@@H]2CCCN2C[C@H](O)COC[C@@H]2CCCO2)on1. The summed E-state index contributed by atoms with van der Waals surface area (Å²) < 4.78 is 16.5. The van der Waals surface area contributed by atoms with Crippen molar-refractivity contribution in [2.24, 2.45) is 0 Å². The summed E-state index contributed by atoms with van der Waals surface area (Å²) in [4.78, 5) is 2.26. The lowest BCUT2D eigenvalue weighted by Crippen LogP contribution is -2.35. The van der Waals surface area contributed by atoms with Crippen molar-refractivity contribution >= 4 is 0 Å². The molecule has 0 aliphatic carbocycles. The number of ether oxygens (including phenoxy) is 2. The maximum atomic E-state index is 10.2. The summed E-state index contributed by atoms with van der Waals surface area (Å²) in [6, 6.07) is 2.22. The van der Waals surface area contributed by atoms with Gasteiger partial charge in [0, 0.05) is 19.2 Å². The summed E-state index contributed by atoms with van der Waals surface area (Å²) in [5, 5.41) is 14.2. The molecule has 2 fully saturated rings. The van der Waals surface area contributed by atoms with Crippen LogP contribution >= 0.6 is 0 Å². The third-order valence-electron chi connectivity index (χ3n) is 4.42. The number of aliphatic hydroxyl groups is 1. The molecule has 1 aromatic rings. The number of β-amino-alcohol motifs (C(OH)–C–C–N with tert-alkyl or cyclic N) is 1. The van der Waals surface area contributed by atoms with E-state index in [9.17, 15) is 5.11 Å². The zero-order valence-corrected chi connectivity index (χ0v) is 13.2. The average Bonchev–Trinajstić information content (AvgIpc) is 3.20. The molecule has 2 saturated heterocycles. The Bertz CT molecular complexity index is 459. The fourth-order valence-corrected chi connectivity index (χ4v) is 3.34. The van der Waals surface area contributed by atoms with Gasteiger partial charge in [-0.3, -0.25) is 4.90 Å². The Morgan fingerprint density at radius 3 is 3.09 bits per heavy atom. The predicted molar refractivity (Wildman–Crippen MR) is 80.6 cm³/mol. The Morgan fingerprint density at radius 2 is 2.36 bits per heavy atom. The first kappa shape index (κ1) is 15.9. The highest BCUT2D eigenvalue weighted by molar-refractivity contribution is 5.09. The average molecular weight is 310 g/mol. The molecule has 22 heavy (non-hydrogen) atoms. The van der Waals surface area contributed by atoms with E-state index in [-0.39, 0.29) is 12.1 Å². The Kier molecular flexibility index (Phi) is 5.46. The molecule has 0 aromatic carbocycles. The molecule has 3 atom stereocenters. The molecule has 0 amide bonds. The maximum Gasteiger partial charge on any atom is 0.154 e. The van der Waals surface area contributed by atoms with Gasteiger partial charge in [0.15, 0.2) is 5.76 Å². The minimum atomic E-state index is -0.481. The lowest BCUT2D eigenvalue weighted by atomic mass is 10.1. The minimum absolute atomic E-state index is 0.212. The Hall–Kier alpha value is -0.950. The summed E-state index contributed by atoms with van der Waals surface area (Å²) in [6.07, 6.45) is 4.08. The van der Waals surface area contributed by atoms with Crippen molar-refractivity contribution in [2.45, 2.75) is 50.9 Å². The van der Waals surface area contributed by atoms with Crippen molar-refractivity contribution in [3.05, 3.63) is 17.5 Å². The molecule has 3 rings (SSSR count). The number of aromatic nitrogens is 1. The van der Waals surface area contributed by atoms with Crippen LogP contribution in [0.3, 0.4) is 0 Å². The van der Waals surface area contributed by atoms with Crippen LogP contribution in [0.15, 0.2) is 10.6 Å². The second kappa shape index (κ2) is 7.55. The molecule has 2 aliphatic heterocycles. The van der Waals surface area contributed by atoms with Crippen LogP contribution in [-0.2, 0) is 9.47 Å². The van der Waals surface area contributed by atoms with E-state index in [1.807, 2.05) is 13.0 Å². The van der Waals surface area contributed by atoms with E-state index < -0.39 is 6.10 Å². The Morgan fingerprint density at radius 1 is 1.45 bits per heavy atom. The summed E-state index contributed by atoms with van der Waals surface area (Å²) >= 11 is 0. The monoisotopic (exact) mass is 310 g/mol. The number of aliphatic hydroxyl groups excluding tert-OH is 1. The number of hydrogen-bond donors (Lipinski definition) is 1. The summed E-state index contributed by atoms with van der Waals surface area (Å²) in [7, 11) is 0. The molecular weight excluding hydrogens is 284 g/mol. The molecule has 3 heterocycles.